The summed E-state index contributed by atoms with van der Waals surface area (Å²) in [4.78, 5) is 0. The molecule has 2 aromatic carbocycles. The Kier molecular flexibility index (Phi) is 5.19. The van der Waals surface area contributed by atoms with E-state index in [2.05, 4.69) is 56.4 Å². The summed E-state index contributed by atoms with van der Waals surface area (Å²) in [5.74, 6) is 0.957. The number of aryl methyl sites for hydroxylation is 1. The Morgan fingerprint density at radius 2 is 1.75 bits per heavy atom. The number of para-hydroxylation sites is 1. The Morgan fingerprint density at radius 3 is 2.50 bits per heavy atom. The van der Waals surface area contributed by atoms with E-state index in [9.17, 15) is 0 Å². The zero-order valence-electron chi connectivity index (χ0n) is 12.5. The molecule has 0 amide bonds. The molecule has 0 unspecified atom stereocenters. The SMILES string of the molecule is Cc1ccccc1OCc1cccc(CNC(C)C)c1. The van der Waals surface area contributed by atoms with Crippen LogP contribution in [0.4, 0.5) is 0 Å². The van der Waals surface area contributed by atoms with Crippen LogP contribution in [0.1, 0.15) is 30.5 Å². The van der Waals surface area contributed by atoms with E-state index in [-0.39, 0.29) is 0 Å². The molecule has 0 saturated carbocycles. The largest absolute Gasteiger partial charge is 0.489 e. The summed E-state index contributed by atoms with van der Waals surface area (Å²) in [6.45, 7) is 7.89. The molecular weight excluding hydrogens is 246 g/mol. The number of benzene rings is 2. The van der Waals surface area contributed by atoms with Crippen LogP contribution in [0.3, 0.4) is 0 Å². The Labute approximate surface area is 121 Å². The molecule has 2 aromatic rings. The van der Waals surface area contributed by atoms with Crippen molar-refractivity contribution in [3.8, 4) is 5.75 Å². The lowest BCUT2D eigenvalue weighted by atomic mass is 10.1. The van der Waals surface area contributed by atoms with Gasteiger partial charge >= 0.3 is 0 Å². The first-order chi connectivity index (χ1) is 9.65. The number of hydrogen-bond acceptors (Lipinski definition) is 2. The second kappa shape index (κ2) is 7.11. The average molecular weight is 269 g/mol. The second-order valence-electron chi connectivity index (χ2n) is 5.41. The van der Waals surface area contributed by atoms with Crippen LogP contribution in [-0.2, 0) is 13.2 Å². The maximum Gasteiger partial charge on any atom is 0.122 e. The highest BCUT2D eigenvalue weighted by Crippen LogP contribution is 2.18. The van der Waals surface area contributed by atoms with Crippen molar-refractivity contribution >= 4 is 0 Å². The van der Waals surface area contributed by atoms with Gasteiger partial charge in [0.05, 0.1) is 0 Å². The standard InChI is InChI=1S/C18H23NO/c1-14(2)19-12-16-8-6-9-17(11-16)13-20-18-10-5-4-7-15(18)3/h4-11,14,19H,12-13H2,1-3H3. The van der Waals surface area contributed by atoms with E-state index in [0.29, 0.717) is 12.6 Å². The van der Waals surface area contributed by atoms with Gasteiger partial charge in [-0.05, 0) is 29.7 Å². The molecule has 1 N–H and O–H groups in total. The van der Waals surface area contributed by atoms with Crippen LogP contribution in [0.5, 0.6) is 5.75 Å². The molecule has 20 heavy (non-hydrogen) atoms. The van der Waals surface area contributed by atoms with E-state index in [0.717, 1.165) is 12.3 Å². The third kappa shape index (κ3) is 4.39. The molecule has 0 spiro atoms. The molecule has 0 atom stereocenters. The van der Waals surface area contributed by atoms with Crippen LogP contribution in [-0.4, -0.2) is 6.04 Å². The van der Waals surface area contributed by atoms with Crippen LogP contribution in [0.25, 0.3) is 0 Å². The van der Waals surface area contributed by atoms with Crippen molar-refractivity contribution in [1.29, 1.82) is 0 Å². The highest BCUT2D eigenvalue weighted by molar-refractivity contribution is 5.32. The number of hydrogen-bond donors (Lipinski definition) is 1. The third-order valence-corrected chi connectivity index (χ3v) is 3.19. The van der Waals surface area contributed by atoms with Gasteiger partial charge in [0.25, 0.3) is 0 Å². The molecule has 0 saturated heterocycles. The summed E-state index contributed by atoms with van der Waals surface area (Å²) < 4.78 is 5.88. The average Bonchev–Trinajstić information content (AvgIpc) is 2.45. The Hall–Kier alpha value is -1.80. The van der Waals surface area contributed by atoms with E-state index in [1.54, 1.807) is 0 Å². The van der Waals surface area contributed by atoms with Gasteiger partial charge in [0.2, 0.25) is 0 Å². The highest BCUT2D eigenvalue weighted by atomic mass is 16.5. The van der Waals surface area contributed by atoms with Crippen molar-refractivity contribution in [3.05, 3.63) is 65.2 Å². The van der Waals surface area contributed by atoms with E-state index in [1.165, 1.54) is 16.7 Å². The predicted molar refractivity (Wildman–Crippen MR) is 83.9 cm³/mol. The van der Waals surface area contributed by atoms with Gasteiger partial charge < -0.3 is 10.1 Å². The quantitative estimate of drug-likeness (QED) is 0.853. The first-order valence-electron chi connectivity index (χ1n) is 7.15. The van der Waals surface area contributed by atoms with Crippen molar-refractivity contribution in [2.45, 2.75) is 40.0 Å². The van der Waals surface area contributed by atoms with Gasteiger partial charge in [0.15, 0.2) is 0 Å². The fourth-order valence-corrected chi connectivity index (χ4v) is 2.03. The smallest absolute Gasteiger partial charge is 0.122 e. The topological polar surface area (TPSA) is 21.3 Å². The second-order valence-corrected chi connectivity index (χ2v) is 5.41. The molecular formula is C18H23NO. The number of nitrogens with one attached hydrogen (secondary N) is 1. The zero-order chi connectivity index (χ0) is 14.4. The molecule has 0 bridgehead atoms. The van der Waals surface area contributed by atoms with Crippen LogP contribution >= 0.6 is 0 Å². The van der Waals surface area contributed by atoms with Crippen LogP contribution < -0.4 is 10.1 Å². The van der Waals surface area contributed by atoms with Crippen LogP contribution in [0, 0.1) is 6.92 Å². The summed E-state index contributed by atoms with van der Waals surface area (Å²) >= 11 is 0. The summed E-state index contributed by atoms with van der Waals surface area (Å²) in [7, 11) is 0. The molecule has 0 aliphatic rings. The summed E-state index contributed by atoms with van der Waals surface area (Å²) in [5, 5.41) is 3.43. The highest BCUT2D eigenvalue weighted by Gasteiger charge is 2.01. The predicted octanol–water partition coefficient (Wildman–Crippen LogP) is 4.07. The van der Waals surface area contributed by atoms with Crippen LogP contribution in [0.2, 0.25) is 0 Å². The van der Waals surface area contributed by atoms with Gasteiger partial charge in [-0.3, -0.25) is 0 Å². The fourth-order valence-electron chi connectivity index (χ4n) is 2.03. The number of ether oxygens (including phenoxy) is 1. The molecule has 0 radical (unpaired) electrons. The molecule has 0 heterocycles. The van der Waals surface area contributed by atoms with Gasteiger partial charge in [0, 0.05) is 12.6 Å². The number of rotatable bonds is 6. The monoisotopic (exact) mass is 269 g/mol. The van der Waals surface area contributed by atoms with Crippen molar-refractivity contribution < 1.29 is 4.74 Å². The minimum atomic E-state index is 0.502. The van der Waals surface area contributed by atoms with E-state index >= 15 is 0 Å². The van der Waals surface area contributed by atoms with Gasteiger partial charge in [-0.1, -0.05) is 56.3 Å². The molecule has 0 fully saturated rings. The third-order valence-electron chi connectivity index (χ3n) is 3.19. The molecule has 106 valence electrons. The fraction of sp³-hybridized carbons (Fsp3) is 0.333. The van der Waals surface area contributed by atoms with Crippen molar-refractivity contribution in [1.82, 2.24) is 5.32 Å². The molecule has 2 nitrogen and oxygen atoms in total. The maximum atomic E-state index is 5.88. The lowest BCUT2D eigenvalue weighted by Gasteiger charge is -2.11. The van der Waals surface area contributed by atoms with E-state index in [1.807, 2.05) is 18.2 Å². The Bertz CT molecular complexity index is 549. The van der Waals surface area contributed by atoms with E-state index in [4.69, 9.17) is 4.74 Å². The molecule has 0 aromatic heterocycles. The Morgan fingerprint density at radius 1 is 1.00 bits per heavy atom. The van der Waals surface area contributed by atoms with Gasteiger partial charge in [-0.15, -0.1) is 0 Å². The lowest BCUT2D eigenvalue weighted by Crippen LogP contribution is -2.21. The summed E-state index contributed by atoms with van der Waals surface area (Å²) in [6, 6.07) is 17.2. The molecule has 2 heteroatoms. The van der Waals surface area contributed by atoms with Gasteiger partial charge in [-0.25, -0.2) is 0 Å². The summed E-state index contributed by atoms with van der Waals surface area (Å²) in [6.07, 6.45) is 0. The van der Waals surface area contributed by atoms with Crippen LogP contribution in [0.15, 0.2) is 48.5 Å². The van der Waals surface area contributed by atoms with Crippen molar-refractivity contribution in [3.63, 3.8) is 0 Å². The first-order valence-corrected chi connectivity index (χ1v) is 7.15. The zero-order valence-corrected chi connectivity index (χ0v) is 12.5. The Balaban J connectivity index is 1.96. The minimum Gasteiger partial charge on any atom is -0.489 e. The molecule has 0 aliphatic carbocycles. The summed E-state index contributed by atoms with van der Waals surface area (Å²) in [5.41, 5.74) is 3.67. The van der Waals surface area contributed by atoms with Gasteiger partial charge in [0.1, 0.15) is 12.4 Å². The normalized spacial score (nSPS) is 10.8. The minimum absolute atomic E-state index is 0.502. The maximum absolute atomic E-state index is 5.88. The van der Waals surface area contributed by atoms with Gasteiger partial charge in [-0.2, -0.15) is 0 Å². The molecule has 0 aliphatic heterocycles. The van der Waals surface area contributed by atoms with Crippen molar-refractivity contribution in [2.75, 3.05) is 0 Å². The van der Waals surface area contributed by atoms with Crippen molar-refractivity contribution in [2.24, 2.45) is 0 Å². The lowest BCUT2D eigenvalue weighted by molar-refractivity contribution is 0.304. The molecule has 2 rings (SSSR count). The van der Waals surface area contributed by atoms with E-state index < -0.39 is 0 Å². The first kappa shape index (κ1) is 14.6.